The van der Waals surface area contributed by atoms with Crippen LogP contribution >= 0.6 is 11.6 Å². The van der Waals surface area contributed by atoms with Crippen molar-refractivity contribution >= 4 is 41.1 Å². The molecule has 202 valence electrons. The van der Waals surface area contributed by atoms with Gasteiger partial charge in [0.15, 0.2) is 0 Å². The third-order valence-corrected chi connectivity index (χ3v) is 5.78. The number of nitrogens with two attached hydrogens (primary N) is 1. The van der Waals surface area contributed by atoms with Gasteiger partial charge in [-0.25, -0.2) is 4.79 Å². The summed E-state index contributed by atoms with van der Waals surface area (Å²) in [6, 6.07) is 9.88. The Hall–Kier alpha value is -4.03. The lowest BCUT2D eigenvalue weighted by Gasteiger charge is -2.31. The minimum atomic E-state index is -1.48. The maximum absolute atomic E-state index is 13.8. The van der Waals surface area contributed by atoms with Gasteiger partial charge < -0.3 is 21.1 Å². The number of amides is 4. The second kappa shape index (κ2) is 12.5. The number of aryl methyl sites for hydroxylation is 3. The summed E-state index contributed by atoms with van der Waals surface area (Å²) in [5, 5.41) is 5.43. The molecule has 2 rings (SSSR count). The van der Waals surface area contributed by atoms with Crippen LogP contribution in [-0.4, -0.2) is 40.4 Å². The lowest BCUT2D eigenvalue weighted by atomic mass is 9.96. The number of hydrogen-bond acceptors (Lipinski definition) is 5. The van der Waals surface area contributed by atoms with Gasteiger partial charge in [-0.05, 0) is 64.3 Å². The van der Waals surface area contributed by atoms with E-state index in [1.807, 2.05) is 13.0 Å². The fraction of sp³-hybridized carbons (Fsp3) is 0.357. The number of anilines is 1. The van der Waals surface area contributed by atoms with E-state index in [-0.39, 0.29) is 0 Å². The first-order valence-electron chi connectivity index (χ1n) is 11.8. The van der Waals surface area contributed by atoms with Crippen molar-refractivity contribution in [1.82, 2.24) is 10.2 Å². The number of rotatable bonds is 8. The van der Waals surface area contributed by atoms with Crippen LogP contribution in [0.3, 0.4) is 0 Å². The SMILES string of the molecule is C#CN(C(=O)C(CC(N)=O)NC(=O)OC(C)(C)C)C(C(=O)Nc1c(C)cccc1Cl)c1ccc(C)cc1C. The van der Waals surface area contributed by atoms with E-state index in [2.05, 4.69) is 16.7 Å². The zero-order valence-electron chi connectivity index (χ0n) is 22.3. The predicted molar refractivity (Wildman–Crippen MR) is 146 cm³/mol. The van der Waals surface area contributed by atoms with Gasteiger partial charge in [-0.3, -0.25) is 19.3 Å². The number of halogens is 1. The van der Waals surface area contributed by atoms with Crippen LogP contribution in [0.5, 0.6) is 0 Å². The molecule has 0 radical (unpaired) electrons. The Morgan fingerprint density at radius 1 is 1.11 bits per heavy atom. The summed E-state index contributed by atoms with van der Waals surface area (Å²) in [7, 11) is 0. The number of terminal acetylenes is 1. The lowest BCUT2D eigenvalue weighted by Crippen LogP contribution is -2.52. The zero-order chi connectivity index (χ0) is 28.8. The molecule has 10 heteroatoms. The maximum Gasteiger partial charge on any atom is 0.408 e. The van der Waals surface area contributed by atoms with Crippen molar-refractivity contribution in [3.8, 4) is 12.5 Å². The molecule has 0 aliphatic carbocycles. The first-order valence-corrected chi connectivity index (χ1v) is 12.2. The molecule has 2 aromatic carbocycles. The number of primary amides is 1. The minimum Gasteiger partial charge on any atom is -0.444 e. The van der Waals surface area contributed by atoms with E-state index in [0.717, 1.165) is 10.5 Å². The van der Waals surface area contributed by atoms with Crippen LogP contribution in [-0.2, 0) is 19.1 Å². The molecule has 0 fully saturated rings. The summed E-state index contributed by atoms with van der Waals surface area (Å²) in [4.78, 5) is 52.5. The smallest absolute Gasteiger partial charge is 0.408 e. The number of hydrogen-bond donors (Lipinski definition) is 3. The van der Waals surface area contributed by atoms with Crippen LogP contribution in [0.25, 0.3) is 0 Å². The standard InChI is InChI=1S/C28H33ClN4O5/c1-8-33(26(36)21(15-22(30)34)31-27(37)38-28(5,6)7)24(19-13-12-16(2)14-18(19)4)25(35)32-23-17(3)10-9-11-20(23)29/h1,9-14,21,24H,15H2,2-7H3,(H2,30,34)(H,31,37)(H,32,35). The van der Waals surface area contributed by atoms with Gasteiger partial charge in [0, 0.05) is 6.04 Å². The molecule has 0 spiro atoms. The summed E-state index contributed by atoms with van der Waals surface area (Å²) >= 11 is 6.32. The van der Waals surface area contributed by atoms with Crippen molar-refractivity contribution in [2.24, 2.45) is 5.73 Å². The van der Waals surface area contributed by atoms with E-state index in [1.165, 1.54) is 0 Å². The van der Waals surface area contributed by atoms with Gasteiger partial charge in [0.1, 0.15) is 17.7 Å². The average Bonchev–Trinajstić information content (AvgIpc) is 2.78. The molecule has 0 aliphatic rings. The summed E-state index contributed by atoms with van der Waals surface area (Å²) in [5.41, 5.74) is 7.61. The van der Waals surface area contributed by atoms with Crippen molar-refractivity contribution in [3.05, 3.63) is 63.7 Å². The number of nitrogens with one attached hydrogen (secondary N) is 2. The summed E-state index contributed by atoms with van der Waals surface area (Å²) < 4.78 is 5.23. The van der Waals surface area contributed by atoms with Crippen LogP contribution < -0.4 is 16.4 Å². The highest BCUT2D eigenvalue weighted by atomic mass is 35.5. The largest absolute Gasteiger partial charge is 0.444 e. The molecule has 0 saturated heterocycles. The minimum absolute atomic E-state index is 0.300. The van der Waals surface area contributed by atoms with E-state index >= 15 is 0 Å². The number of carbonyl (C=O) groups is 4. The highest BCUT2D eigenvalue weighted by molar-refractivity contribution is 6.34. The van der Waals surface area contributed by atoms with E-state index < -0.39 is 47.9 Å². The quantitative estimate of drug-likeness (QED) is 0.342. The first kappa shape index (κ1) is 30.2. The van der Waals surface area contributed by atoms with Gasteiger partial charge in [0.05, 0.1) is 17.1 Å². The topological polar surface area (TPSA) is 131 Å². The van der Waals surface area contributed by atoms with Crippen molar-refractivity contribution in [2.45, 2.75) is 65.6 Å². The van der Waals surface area contributed by atoms with Gasteiger partial charge in [-0.15, -0.1) is 0 Å². The van der Waals surface area contributed by atoms with Crippen LogP contribution in [0.1, 0.15) is 55.5 Å². The van der Waals surface area contributed by atoms with Gasteiger partial charge in [-0.2, -0.15) is 0 Å². The Labute approximate surface area is 228 Å². The maximum atomic E-state index is 13.8. The molecule has 2 unspecified atom stereocenters. The van der Waals surface area contributed by atoms with Crippen LogP contribution in [0.2, 0.25) is 5.02 Å². The molecule has 0 bridgehead atoms. The summed E-state index contributed by atoms with van der Waals surface area (Å²) in [6.07, 6.45) is 4.25. The second-order valence-electron chi connectivity index (χ2n) is 9.89. The molecule has 38 heavy (non-hydrogen) atoms. The molecule has 4 amide bonds. The lowest BCUT2D eigenvalue weighted by molar-refractivity contribution is -0.138. The monoisotopic (exact) mass is 540 g/mol. The highest BCUT2D eigenvalue weighted by Gasteiger charge is 2.37. The Morgan fingerprint density at radius 2 is 1.76 bits per heavy atom. The third kappa shape index (κ3) is 7.98. The van der Waals surface area contributed by atoms with Crippen molar-refractivity contribution in [1.29, 1.82) is 0 Å². The first-order chi connectivity index (χ1) is 17.6. The number of benzene rings is 2. The number of nitrogens with zero attached hydrogens (tertiary/aromatic N) is 1. The fourth-order valence-electron chi connectivity index (χ4n) is 3.80. The molecule has 2 aromatic rings. The van der Waals surface area contributed by atoms with Gasteiger partial charge in [0.2, 0.25) is 5.91 Å². The van der Waals surface area contributed by atoms with Gasteiger partial charge >= 0.3 is 6.09 Å². The molecular formula is C28H33ClN4O5. The highest BCUT2D eigenvalue weighted by Crippen LogP contribution is 2.30. The van der Waals surface area contributed by atoms with Gasteiger partial charge in [0.25, 0.3) is 11.8 Å². The molecule has 9 nitrogen and oxygen atoms in total. The van der Waals surface area contributed by atoms with Crippen molar-refractivity contribution in [2.75, 3.05) is 5.32 Å². The number of alkyl carbamates (subject to hydrolysis) is 1. The van der Waals surface area contributed by atoms with E-state index in [9.17, 15) is 19.2 Å². The van der Waals surface area contributed by atoms with Crippen LogP contribution in [0.4, 0.5) is 10.5 Å². The summed E-state index contributed by atoms with van der Waals surface area (Å²) in [5.74, 6) is -2.40. The molecule has 0 saturated carbocycles. The molecular weight excluding hydrogens is 508 g/mol. The Morgan fingerprint density at radius 3 is 2.29 bits per heavy atom. The third-order valence-electron chi connectivity index (χ3n) is 5.47. The molecule has 0 aromatic heterocycles. The van der Waals surface area contributed by atoms with Crippen molar-refractivity contribution < 1.29 is 23.9 Å². The van der Waals surface area contributed by atoms with Crippen LogP contribution in [0, 0.1) is 33.2 Å². The van der Waals surface area contributed by atoms with Crippen LogP contribution in [0.15, 0.2) is 36.4 Å². The summed E-state index contributed by atoms with van der Waals surface area (Å²) in [6.45, 7) is 10.4. The number of para-hydroxylation sites is 1. The number of ether oxygens (including phenoxy) is 1. The predicted octanol–water partition coefficient (Wildman–Crippen LogP) is 4.13. The van der Waals surface area contributed by atoms with E-state index in [0.29, 0.717) is 27.4 Å². The molecule has 0 heterocycles. The zero-order valence-corrected chi connectivity index (χ0v) is 23.1. The number of carbonyl (C=O) groups excluding carboxylic acids is 4. The normalized spacial score (nSPS) is 12.5. The van der Waals surface area contributed by atoms with E-state index in [4.69, 9.17) is 28.5 Å². The molecule has 0 aliphatic heterocycles. The van der Waals surface area contributed by atoms with E-state index in [1.54, 1.807) is 65.0 Å². The molecule has 4 N–H and O–H groups in total. The second-order valence-corrected chi connectivity index (χ2v) is 10.3. The molecule has 2 atom stereocenters. The Kier molecular flexibility index (Phi) is 9.91. The van der Waals surface area contributed by atoms with Gasteiger partial charge in [-0.1, -0.05) is 53.9 Å². The Balaban J connectivity index is 2.56. The van der Waals surface area contributed by atoms with Crippen molar-refractivity contribution in [3.63, 3.8) is 0 Å². The fourth-order valence-corrected chi connectivity index (χ4v) is 4.07. The average molecular weight is 541 g/mol. The Bertz CT molecular complexity index is 1260.